The first-order valence-corrected chi connectivity index (χ1v) is 8.17. The van der Waals surface area contributed by atoms with Gasteiger partial charge in [-0.2, -0.15) is 0 Å². The van der Waals surface area contributed by atoms with E-state index in [9.17, 15) is 14.0 Å². The van der Waals surface area contributed by atoms with Crippen LogP contribution in [0.2, 0.25) is 0 Å². The number of halogens is 1. The number of imide groups is 1. The molecule has 4 nitrogen and oxygen atoms in total. The molecular weight excluding hydrogens is 327 g/mol. The van der Waals surface area contributed by atoms with E-state index in [-0.39, 0.29) is 22.4 Å². The number of hydrogen-bond acceptors (Lipinski definition) is 4. The average Bonchev–Trinajstić information content (AvgIpc) is 2.82. The van der Waals surface area contributed by atoms with Crippen LogP contribution in [0.3, 0.4) is 0 Å². The summed E-state index contributed by atoms with van der Waals surface area (Å²) >= 11 is 0.815. The SMILES string of the molecule is Cc1cccc(NCN2C(=O)S/C(=C\c3ccccc3F)C2=O)c1. The van der Waals surface area contributed by atoms with E-state index >= 15 is 0 Å². The smallest absolute Gasteiger partial charge is 0.295 e. The maximum atomic E-state index is 13.7. The lowest BCUT2D eigenvalue weighted by molar-refractivity contribution is -0.122. The van der Waals surface area contributed by atoms with Gasteiger partial charge in [0.05, 0.1) is 11.6 Å². The molecular formula is C18H15FN2O2S. The standard InChI is InChI=1S/C18H15FN2O2S/c1-12-5-4-7-14(9-12)20-11-21-17(22)16(24-18(21)23)10-13-6-2-3-8-15(13)19/h2-10,20H,11H2,1H3/b16-10-. The van der Waals surface area contributed by atoms with Crippen molar-refractivity contribution >= 4 is 34.7 Å². The Kier molecular flexibility index (Phi) is 4.66. The van der Waals surface area contributed by atoms with Crippen LogP contribution in [0.25, 0.3) is 6.08 Å². The van der Waals surface area contributed by atoms with Crippen molar-refractivity contribution in [1.29, 1.82) is 0 Å². The van der Waals surface area contributed by atoms with Crippen LogP contribution in [-0.4, -0.2) is 22.7 Å². The Morgan fingerprint density at radius 1 is 1.17 bits per heavy atom. The number of anilines is 1. The van der Waals surface area contributed by atoms with E-state index in [2.05, 4.69) is 5.32 Å². The first-order chi connectivity index (χ1) is 11.5. The number of hydrogen-bond donors (Lipinski definition) is 1. The largest absolute Gasteiger partial charge is 0.367 e. The minimum absolute atomic E-state index is 0.0722. The topological polar surface area (TPSA) is 49.4 Å². The summed E-state index contributed by atoms with van der Waals surface area (Å²) in [4.78, 5) is 25.8. The second kappa shape index (κ2) is 6.88. The van der Waals surface area contributed by atoms with Gasteiger partial charge in [-0.3, -0.25) is 14.5 Å². The molecule has 1 aliphatic heterocycles. The van der Waals surface area contributed by atoms with Crippen molar-refractivity contribution < 1.29 is 14.0 Å². The molecule has 1 saturated heterocycles. The molecule has 24 heavy (non-hydrogen) atoms. The van der Waals surface area contributed by atoms with E-state index in [1.54, 1.807) is 18.2 Å². The third-order valence-corrected chi connectivity index (χ3v) is 4.43. The van der Waals surface area contributed by atoms with Crippen LogP contribution in [-0.2, 0) is 4.79 Å². The van der Waals surface area contributed by atoms with Crippen molar-refractivity contribution in [2.24, 2.45) is 0 Å². The molecule has 2 aromatic carbocycles. The fraction of sp³-hybridized carbons (Fsp3) is 0.111. The number of thioether (sulfide) groups is 1. The molecule has 2 aromatic rings. The maximum absolute atomic E-state index is 13.7. The first-order valence-electron chi connectivity index (χ1n) is 7.35. The number of aryl methyl sites for hydroxylation is 1. The molecule has 0 saturated carbocycles. The van der Waals surface area contributed by atoms with E-state index in [4.69, 9.17) is 0 Å². The van der Waals surface area contributed by atoms with E-state index < -0.39 is 11.7 Å². The summed E-state index contributed by atoms with van der Waals surface area (Å²) in [5.74, 6) is -0.851. The van der Waals surface area contributed by atoms with Gasteiger partial charge in [0.1, 0.15) is 5.82 Å². The zero-order valence-electron chi connectivity index (χ0n) is 13.0. The summed E-state index contributed by atoms with van der Waals surface area (Å²) in [7, 11) is 0. The third kappa shape index (κ3) is 3.49. The highest BCUT2D eigenvalue weighted by Crippen LogP contribution is 2.32. The van der Waals surface area contributed by atoms with Crippen LogP contribution in [0.5, 0.6) is 0 Å². The van der Waals surface area contributed by atoms with Crippen molar-refractivity contribution in [2.45, 2.75) is 6.92 Å². The van der Waals surface area contributed by atoms with Crippen molar-refractivity contribution in [1.82, 2.24) is 4.90 Å². The maximum Gasteiger partial charge on any atom is 0.295 e. The van der Waals surface area contributed by atoms with Crippen LogP contribution < -0.4 is 5.32 Å². The zero-order valence-corrected chi connectivity index (χ0v) is 13.8. The van der Waals surface area contributed by atoms with Crippen molar-refractivity contribution in [3.8, 4) is 0 Å². The summed E-state index contributed by atoms with van der Waals surface area (Å²) in [6.45, 7) is 2.03. The molecule has 1 fully saturated rings. The number of carbonyl (C=O) groups excluding carboxylic acids is 2. The second-order valence-corrected chi connectivity index (χ2v) is 6.33. The highest BCUT2D eigenvalue weighted by atomic mass is 32.2. The number of carbonyl (C=O) groups is 2. The summed E-state index contributed by atoms with van der Waals surface area (Å²) in [6, 6.07) is 13.8. The zero-order chi connectivity index (χ0) is 17.1. The number of rotatable bonds is 4. The molecule has 122 valence electrons. The van der Waals surface area contributed by atoms with Gasteiger partial charge in [0.2, 0.25) is 0 Å². The van der Waals surface area contributed by atoms with Crippen molar-refractivity contribution in [2.75, 3.05) is 12.0 Å². The molecule has 3 rings (SSSR count). The van der Waals surface area contributed by atoms with Gasteiger partial charge in [-0.1, -0.05) is 30.3 Å². The quantitative estimate of drug-likeness (QED) is 0.845. The van der Waals surface area contributed by atoms with Crippen molar-refractivity contribution in [3.63, 3.8) is 0 Å². The normalized spacial score (nSPS) is 16.1. The highest BCUT2D eigenvalue weighted by molar-refractivity contribution is 8.18. The van der Waals surface area contributed by atoms with Gasteiger partial charge < -0.3 is 5.32 Å². The molecule has 1 N–H and O–H groups in total. The predicted octanol–water partition coefficient (Wildman–Crippen LogP) is 4.24. The molecule has 0 aromatic heterocycles. The minimum Gasteiger partial charge on any atom is -0.367 e. The summed E-state index contributed by atoms with van der Waals surface area (Å²) in [5, 5.41) is 2.68. The molecule has 0 radical (unpaired) electrons. The summed E-state index contributed by atoms with van der Waals surface area (Å²) < 4.78 is 13.7. The Labute approximate surface area is 143 Å². The van der Waals surface area contributed by atoms with Gasteiger partial charge in [0, 0.05) is 11.3 Å². The molecule has 6 heteroatoms. The fourth-order valence-corrected chi connectivity index (χ4v) is 3.12. The van der Waals surface area contributed by atoms with Crippen LogP contribution >= 0.6 is 11.8 Å². The number of nitrogens with zero attached hydrogens (tertiary/aromatic N) is 1. The number of benzene rings is 2. The second-order valence-electron chi connectivity index (χ2n) is 5.34. The van der Waals surface area contributed by atoms with E-state index in [1.165, 1.54) is 12.1 Å². The Hall–Kier alpha value is -2.60. The van der Waals surface area contributed by atoms with Crippen LogP contribution in [0, 0.1) is 12.7 Å². The molecule has 2 amide bonds. The van der Waals surface area contributed by atoms with E-state index in [0.29, 0.717) is 0 Å². The molecule has 0 aliphatic carbocycles. The predicted molar refractivity (Wildman–Crippen MR) is 93.9 cm³/mol. The average molecular weight is 342 g/mol. The molecule has 1 aliphatic rings. The number of nitrogens with one attached hydrogen (secondary N) is 1. The molecule has 0 spiro atoms. The monoisotopic (exact) mass is 342 g/mol. The Morgan fingerprint density at radius 3 is 2.71 bits per heavy atom. The van der Waals surface area contributed by atoms with E-state index in [1.807, 2.05) is 31.2 Å². The van der Waals surface area contributed by atoms with Gasteiger partial charge in [-0.15, -0.1) is 0 Å². The lowest BCUT2D eigenvalue weighted by atomic mass is 10.2. The number of amides is 2. The van der Waals surface area contributed by atoms with Gasteiger partial charge in [-0.25, -0.2) is 4.39 Å². The Bertz CT molecular complexity index is 835. The van der Waals surface area contributed by atoms with Gasteiger partial charge in [0.15, 0.2) is 0 Å². The van der Waals surface area contributed by atoms with Gasteiger partial charge in [-0.05, 0) is 48.5 Å². The lowest BCUT2D eigenvalue weighted by Gasteiger charge is -2.14. The van der Waals surface area contributed by atoms with Crippen molar-refractivity contribution in [3.05, 3.63) is 70.4 Å². The van der Waals surface area contributed by atoms with Crippen LogP contribution in [0.4, 0.5) is 14.9 Å². The summed E-state index contributed by atoms with van der Waals surface area (Å²) in [6.07, 6.45) is 1.41. The van der Waals surface area contributed by atoms with Crippen LogP contribution in [0.15, 0.2) is 53.4 Å². The Morgan fingerprint density at radius 2 is 1.96 bits per heavy atom. The lowest BCUT2D eigenvalue weighted by Crippen LogP contribution is -2.33. The highest BCUT2D eigenvalue weighted by Gasteiger charge is 2.34. The first kappa shape index (κ1) is 16.3. The van der Waals surface area contributed by atoms with Gasteiger partial charge >= 0.3 is 0 Å². The molecule has 0 atom stereocenters. The Balaban J connectivity index is 1.73. The minimum atomic E-state index is -0.429. The molecule has 0 unspecified atom stereocenters. The third-order valence-electron chi connectivity index (χ3n) is 3.52. The van der Waals surface area contributed by atoms with Crippen LogP contribution in [0.1, 0.15) is 11.1 Å². The van der Waals surface area contributed by atoms with E-state index in [0.717, 1.165) is 27.9 Å². The molecule has 0 bridgehead atoms. The fourth-order valence-electron chi connectivity index (χ4n) is 2.30. The summed E-state index contributed by atoms with van der Waals surface area (Å²) in [5.41, 5.74) is 2.19. The molecule has 1 heterocycles. The van der Waals surface area contributed by atoms with Gasteiger partial charge in [0.25, 0.3) is 11.1 Å².